The first-order valence-electron chi connectivity index (χ1n) is 15.1. The van der Waals surface area contributed by atoms with Crippen molar-refractivity contribution in [3.63, 3.8) is 0 Å². The highest BCUT2D eigenvalue weighted by Gasteiger charge is 2.51. The summed E-state index contributed by atoms with van der Waals surface area (Å²) in [6.07, 6.45) is 0. The second-order valence-corrected chi connectivity index (χ2v) is 6.26. The van der Waals surface area contributed by atoms with Crippen molar-refractivity contribution in [3.8, 4) is 0 Å². The number of hydrogen-bond acceptors (Lipinski definition) is 4. The first-order chi connectivity index (χ1) is 17.0. The van der Waals surface area contributed by atoms with Crippen molar-refractivity contribution in [2.24, 2.45) is 0 Å². The van der Waals surface area contributed by atoms with Crippen LogP contribution < -0.4 is 15.7 Å². The quantitative estimate of drug-likeness (QED) is 0.842. The average Bonchev–Trinajstić information content (AvgIpc) is 2.91. The molecule has 1 N–H and O–H groups in total. The molecule has 0 radical (unpaired) electrons. The lowest BCUT2D eigenvalue weighted by atomic mass is 9.79. The van der Waals surface area contributed by atoms with Crippen molar-refractivity contribution in [3.05, 3.63) is 24.2 Å². The van der Waals surface area contributed by atoms with Crippen molar-refractivity contribution in [1.82, 2.24) is 5.32 Å². The van der Waals surface area contributed by atoms with E-state index in [1.165, 1.54) is 0 Å². The molecule has 1 aromatic rings. The monoisotopic (exact) mass is 332 g/mol. The van der Waals surface area contributed by atoms with Crippen LogP contribution in [0.1, 0.15) is 63.3 Å². The van der Waals surface area contributed by atoms with Crippen molar-refractivity contribution >= 4 is 18.3 Å². The molecule has 0 spiro atoms. The first-order valence-corrected chi connectivity index (χ1v) is 7.09. The lowest BCUT2D eigenvalue weighted by molar-refractivity contribution is 0.00578. The minimum Gasteiger partial charge on any atom is -0.399 e. The van der Waals surface area contributed by atoms with E-state index >= 15 is 0 Å². The van der Waals surface area contributed by atoms with Gasteiger partial charge in [-0.1, -0.05) is 12.1 Å². The summed E-state index contributed by atoms with van der Waals surface area (Å²) in [6, 6.07) is -11.7. The molecule has 0 bridgehead atoms. The second-order valence-electron chi connectivity index (χ2n) is 6.26. The Bertz CT molecular complexity index is 1130. The highest BCUT2D eigenvalue weighted by molar-refractivity contribution is 6.62. The normalized spacial score (nSPS) is 51.8. The predicted molar refractivity (Wildman–Crippen MR) is 96.4 cm³/mol. The average molecular weight is 332 g/mol. The van der Waals surface area contributed by atoms with Crippen molar-refractivity contribution < 1.29 is 31.2 Å². The van der Waals surface area contributed by atoms with Crippen LogP contribution in [0.4, 0.5) is 5.69 Å². The summed E-state index contributed by atoms with van der Waals surface area (Å²) in [7, 11) is -1.57. The number of rotatable bonds is 2. The minimum atomic E-state index is -3.84. The van der Waals surface area contributed by atoms with Crippen LogP contribution in [0.2, 0.25) is 0 Å². The molecule has 0 aliphatic carbocycles. The SMILES string of the molecule is [2H]c1c([2H])c(B2OC(C)(C)C(C)(C)O2)c([2H])c(N2C([2H])(C([2H])([2H])[2H])C([2H])([2H])NC([2H])([2H])C2([2H])C([2H])([2H])[2H])c1[2H]. The number of piperazine rings is 1. The third-order valence-electron chi connectivity index (χ3n) is 4.15. The van der Waals surface area contributed by atoms with Crippen LogP contribution in [-0.2, 0) is 9.31 Å². The smallest absolute Gasteiger partial charge is 0.399 e. The van der Waals surface area contributed by atoms with E-state index in [2.05, 4.69) is 0 Å². The molecule has 0 amide bonds. The fourth-order valence-corrected chi connectivity index (χ4v) is 2.14. The maximum Gasteiger partial charge on any atom is 0.494 e. The van der Waals surface area contributed by atoms with Crippen LogP contribution in [0.3, 0.4) is 0 Å². The Morgan fingerprint density at radius 3 is 2.43 bits per heavy atom. The minimum absolute atomic E-state index is 0.257. The summed E-state index contributed by atoms with van der Waals surface area (Å²) in [5.41, 5.74) is -3.87. The lowest BCUT2D eigenvalue weighted by Gasteiger charge is -2.41. The van der Waals surface area contributed by atoms with Crippen LogP contribution >= 0.6 is 0 Å². The zero-order valence-corrected chi connectivity index (χ0v) is 13.3. The fourth-order valence-electron chi connectivity index (χ4n) is 2.14. The van der Waals surface area contributed by atoms with Crippen LogP contribution in [0, 0.1) is 0 Å². The molecule has 2 unspecified atom stereocenters. The molecule has 0 saturated carbocycles. The van der Waals surface area contributed by atoms with Gasteiger partial charge < -0.3 is 19.5 Å². The Morgan fingerprint density at radius 2 is 1.87 bits per heavy atom. The summed E-state index contributed by atoms with van der Waals surface area (Å²) in [5, 5.41) is 1.56. The maximum atomic E-state index is 8.88. The largest absolute Gasteiger partial charge is 0.494 e. The Balaban J connectivity index is 2.55. The molecule has 5 heteroatoms. The van der Waals surface area contributed by atoms with E-state index < -0.39 is 92.4 Å². The predicted octanol–water partition coefficient (Wildman–Crippen LogP) is 2.17. The number of anilines is 1. The van der Waals surface area contributed by atoms with E-state index in [1.54, 1.807) is 33.0 Å². The van der Waals surface area contributed by atoms with Gasteiger partial charge in [0.1, 0.15) is 0 Å². The highest BCUT2D eigenvalue weighted by atomic mass is 16.7. The summed E-state index contributed by atoms with van der Waals surface area (Å²) < 4.78 is 145. The third-order valence-corrected chi connectivity index (χ3v) is 4.15. The molecule has 2 saturated heterocycles. The van der Waals surface area contributed by atoms with Crippen LogP contribution in [-0.4, -0.2) is 43.3 Å². The first kappa shape index (κ1) is 6.04. The number of nitrogens with zero attached hydrogens (tertiary/aromatic N) is 1. The van der Waals surface area contributed by atoms with Gasteiger partial charge in [-0.15, -0.1) is 0 Å². The lowest BCUT2D eigenvalue weighted by Crippen LogP contribution is -2.55. The molecular weight excluding hydrogens is 287 g/mol. The van der Waals surface area contributed by atoms with Crippen LogP contribution in [0.25, 0.3) is 0 Å². The van der Waals surface area contributed by atoms with Gasteiger partial charge in [0.15, 0.2) is 0 Å². The molecule has 1 aromatic carbocycles. The van der Waals surface area contributed by atoms with Gasteiger partial charge in [-0.25, -0.2) is 0 Å². The summed E-state index contributed by atoms with van der Waals surface area (Å²) in [4.78, 5) is -0.257. The number of benzene rings is 1. The maximum absolute atomic E-state index is 8.88. The van der Waals surface area contributed by atoms with Crippen molar-refractivity contribution in [2.75, 3.05) is 17.9 Å². The van der Waals surface area contributed by atoms with Gasteiger partial charge in [0, 0.05) is 44.4 Å². The van der Waals surface area contributed by atoms with E-state index in [0.717, 1.165) is 0 Å². The highest BCUT2D eigenvalue weighted by Crippen LogP contribution is 2.36. The Morgan fingerprint density at radius 1 is 1.26 bits per heavy atom. The van der Waals surface area contributed by atoms with Gasteiger partial charge in [0.25, 0.3) is 0 Å². The molecule has 2 aliphatic rings. The van der Waals surface area contributed by atoms with E-state index in [9.17, 15) is 0 Å². The van der Waals surface area contributed by atoms with E-state index in [0.29, 0.717) is 0 Å². The van der Waals surface area contributed by atoms with Gasteiger partial charge >= 0.3 is 7.12 Å². The number of nitrogens with one attached hydrogen (secondary N) is 1. The van der Waals surface area contributed by atoms with Crippen molar-refractivity contribution in [1.29, 1.82) is 0 Å². The van der Waals surface area contributed by atoms with E-state index in [4.69, 9.17) is 31.2 Å². The fraction of sp³-hybridized carbons (Fsp3) is 0.667. The summed E-state index contributed by atoms with van der Waals surface area (Å²) in [6.45, 7) is -8.32. The van der Waals surface area contributed by atoms with Gasteiger partial charge in [0.05, 0.1) is 19.4 Å². The number of hydrogen-bond donors (Lipinski definition) is 1. The molecule has 3 rings (SSSR count). The van der Waals surface area contributed by atoms with Gasteiger partial charge in [-0.2, -0.15) is 0 Å². The Hall–Kier alpha value is -1.04. The summed E-state index contributed by atoms with van der Waals surface area (Å²) in [5.74, 6) is 0. The molecule has 0 aromatic heterocycles. The molecule has 2 fully saturated rings. The molecule has 2 atom stereocenters. The summed E-state index contributed by atoms with van der Waals surface area (Å²) >= 11 is 0. The van der Waals surface area contributed by atoms with Crippen LogP contribution in [0.5, 0.6) is 0 Å². The third kappa shape index (κ3) is 3.02. The van der Waals surface area contributed by atoms with Gasteiger partial charge in [-0.05, 0) is 58.9 Å². The van der Waals surface area contributed by atoms with Crippen LogP contribution in [0.15, 0.2) is 24.2 Å². The van der Waals surface area contributed by atoms with Crippen molar-refractivity contribution in [2.45, 2.75) is 64.6 Å². The van der Waals surface area contributed by atoms with Gasteiger partial charge in [-0.3, -0.25) is 0 Å². The zero-order chi connectivity index (χ0) is 30.7. The molecule has 2 aliphatic heterocycles. The standard InChI is InChI=1S/C18H29BN2O2/c1-13-11-20-12-14(2)21(13)16-9-7-8-15(10-16)19-22-17(3,4)18(5,6)23-19/h7-10,13-14,20H,11-12H2,1-6H3/i1D3,2D3,7D,8D,9D,10D,11D2,12D2,13D,14D. The molecule has 23 heavy (non-hydrogen) atoms. The molecule has 2 heterocycles. The topological polar surface area (TPSA) is 33.7 Å². The molecule has 126 valence electrons. The van der Waals surface area contributed by atoms with E-state index in [1.807, 2.05) is 0 Å². The molecular formula is C18H29BN2O2. The van der Waals surface area contributed by atoms with Gasteiger partial charge in [0.2, 0.25) is 0 Å². The molecule has 4 nitrogen and oxygen atoms in total. The Kier molecular flexibility index (Phi) is 1.52. The Labute approximate surface area is 163 Å². The second kappa shape index (κ2) is 5.80. The van der Waals surface area contributed by atoms with E-state index in [-0.39, 0.29) is 4.90 Å². The zero-order valence-electron chi connectivity index (χ0n) is 29.3.